The molecule has 0 aliphatic carbocycles. The quantitative estimate of drug-likeness (QED) is 0.395. The lowest BCUT2D eigenvalue weighted by molar-refractivity contribution is 0.183. The highest BCUT2D eigenvalue weighted by Gasteiger charge is 2.23. The maximum atomic E-state index is 11.9. The zero-order valence-electron chi connectivity index (χ0n) is 18.6. The van der Waals surface area contributed by atoms with Gasteiger partial charge in [0, 0.05) is 30.0 Å². The van der Waals surface area contributed by atoms with Gasteiger partial charge in [-0.2, -0.15) is 9.98 Å². The van der Waals surface area contributed by atoms with Gasteiger partial charge >= 0.3 is 6.09 Å². The van der Waals surface area contributed by atoms with Crippen molar-refractivity contribution in [1.29, 1.82) is 0 Å². The molecule has 33 heavy (non-hydrogen) atoms. The highest BCUT2D eigenvalue weighted by molar-refractivity contribution is 8.15. The third-order valence-electron chi connectivity index (χ3n) is 4.90. The Hall–Kier alpha value is -3.66. The first-order valence-electron chi connectivity index (χ1n) is 10.1. The Balaban J connectivity index is 1.80. The van der Waals surface area contributed by atoms with Crippen LogP contribution in [0.5, 0.6) is 11.5 Å². The number of carbonyl (C=O) groups excluding carboxylic acids is 1. The Bertz CT molecular complexity index is 1230. The molecule has 2 aromatic carbocycles. The van der Waals surface area contributed by atoms with Gasteiger partial charge in [-0.05, 0) is 42.7 Å². The fraction of sp³-hybridized carbons (Fsp3) is 0.261. The van der Waals surface area contributed by atoms with E-state index >= 15 is 0 Å². The smallest absolute Gasteiger partial charge is 0.434 e. The van der Waals surface area contributed by atoms with Gasteiger partial charge in [-0.1, -0.05) is 5.16 Å². The Morgan fingerprint density at radius 1 is 1.18 bits per heavy atom. The largest absolute Gasteiger partial charge is 0.493 e. The minimum atomic E-state index is -0.702. The number of ether oxygens (including phenoxy) is 3. The van der Waals surface area contributed by atoms with Crippen LogP contribution >= 0.6 is 11.8 Å². The van der Waals surface area contributed by atoms with Crippen molar-refractivity contribution in [3.63, 3.8) is 0 Å². The summed E-state index contributed by atoms with van der Waals surface area (Å²) >= 11 is 1.30. The summed E-state index contributed by atoms with van der Waals surface area (Å²) in [5, 5.41) is 4.36. The molecule has 0 radical (unpaired) electrons. The number of hydrogen-bond acceptors (Lipinski definition) is 9. The zero-order valence-corrected chi connectivity index (χ0v) is 19.4. The first-order chi connectivity index (χ1) is 16.0. The van der Waals surface area contributed by atoms with Gasteiger partial charge in [0.25, 0.3) is 0 Å². The third-order valence-corrected chi connectivity index (χ3v) is 5.57. The van der Waals surface area contributed by atoms with E-state index in [1.807, 2.05) is 42.7 Å². The molecule has 0 spiro atoms. The lowest BCUT2D eigenvalue weighted by Gasteiger charge is -2.13. The minimum absolute atomic E-state index is 0.417. The zero-order chi connectivity index (χ0) is 23.4. The minimum Gasteiger partial charge on any atom is -0.493 e. The van der Waals surface area contributed by atoms with Crippen molar-refractivity contribution in [2.24, 2.45) is 9.98 Å². The van der Waals surface area contributed by atoms with E-state index in [1.54, 1.807) is 14.0 Å². The normalized spacial score (nSPS) is 13.5. The van der Waals surface area contributed by atoms with Crippen LogP contribution in [0.2, 0.25) is 0 Å². The molecule has 0 fully saturated rings. The molecule has 0 unspecified atom stereocenters. The van der Waals surface area contributed by atoms with E-state index in [9.17, 15) is 4.79 Å². The summed E-state index contributed by atoms with van der Waals surface area (Å²) in [5.74, 6) is 2.33. The Labute approximate surface area is 194 Å². The first kappa shape index (κ1) is 22.5. The van der Waals surface area contributed by atoms with Crippen LogP contribution in [0.25, 0.3) is 11.4 Å². The van der Waals surface area contributed by atoms with Gasteiger partial charge in [0.1, 0.15) is 10.8 Å². The molecule has 1 aliphatic rings. The molecular weight excluding hydrogens is 444 g/mol. The van der Waals surface area contributed by atoms with Crippen LogP contribution in [0.1, 0.15) is 17.0 Å². The highest BCUT2D eigenvalue weighted by atomic mass is 32.2. The number of benzene rings is 2. The molecule has 0 N–H and O–H groups in total. The molecule has 0 saturated heterocycles. The van der Waals surface area contributed by atoms with E-state index in [4.69, 9.17) is 23.7 Å². The van der Waals surface area contributed by atoms with Gasteiger partial charge in [-0.25, -0.2) is 9.79 Å². The number of thioether (sulfide) groups is 1. The van der Waals surface area contributed by atoms with Crippen LogP contribution in [-0.4, -0.2) is 54.1 Å². The number of fused-ring (bicyclic) bond motifs is 1. The Kier molecular flexibility index (Phi) is 6.74. The number of methoxy groups -OCH3 is 2. The molecule has 3 aromatic rings. The van der Waals surface area contributed by atoms with Crippen molar-refractivity contribution in [2.75, 3.05) is 27.1 Å². The van der Waals surface area contributed by atoms with Gasteiger partial charge < -0.3 is 18.7 Å². The Morgan fingerprint density at radius 2 is 1.97 bits per heavy atom. The third kappa shape index (κ3) is 4.90. The molecule has 1 amide bonds. The summed E-state index contributed by atoms with van der Waals surface area (Å²) < 4.78 is 21.0. The first-order valence-corrected chi connectivity index (χ1v) is 11.3. The van der Waals surface area contributed by atoms with E-state index in [-0.39, 0.29) is 0 Å². The summed E-state index contributed by atoms with van der Waals surface area (Å²) in [5.41, 5.74) is 3.75. The summed E-state index contributed by atoms with van der Waals surface area (Å²) in [6, 6.07) is 11.2. The topological polar surface area (TPSA) is 108 Å². The molecule has 0 atom stereocenters. The number of aliphatic imine (C=N–C) groups is 2. The van der Waals surface area contributed by atoms with Crippen LogP contribution < -0.4 is 9.47 Å². The van der Waals surface area contributed by atoms with E-state index in [0.29, 0.717) is 40.5 Å². The number of carbonyl (C=O) groups is 1. The number of rotatable bonds is 5. The lowest BCUT2D eigenvalue weighted by Crippen LogP contribution is -2.15. The van der Waals surface area contributed by atoms with Crippen molar-refractivity contribution >= 4 is 34.3 Å². The van der Waals surface area contributed by atoms with E-state index in [0.717, 1.165) is 28.9 Å². The molecule has 1 aliphatic heterocycles. The summed E-state index contributed by atoms with van der Waals surface area (Å²) in [6.45, 7) is 2.33. The molecule has 0 saturated carbocycles. The fourth-order valence-electron chi connectivity index (χ4n) is 3.35. The maximum absolute atomic E-state index is 11.9. The standard InChI is InChI=1S/C23H22N4O5S/c1-13-24-21(27-32-13)14-5-7-17(8-6-14)25-19(22(33-4)26-23(28)30-3)16-11-15-9-10-31-20(15)18(12-16)29-2/h5-8,11-12H,9-10H2,1-4H3. The number of aryl methyl sites for hydroxylation is 1. The van der Waals surface area contributed by atoms with E-state index in [1.165, 1.54) is 18.9 Å². The molecule has 2 heterocycles. The second kappa shape index (κ2) is 9.86. The molecule has 4 rings (SSSR count). The maximum Gasteiger partial charge on any atom is 0.434 e. The lowest BCUT2D eigenvalue weighted by atomic mass is 10.0. The van der Waals surface area contributed by atoms with Crippen molar-refractivity contribution in [3.05, 3.63) is 53.4 Å². The van der Waals surface area contributed by atoms with Crippen molar-refractivity contribution in [1.82, 2.24) is 10.1 Å². The predicted octanol–water partition coefficient (Wildman–Crippen LogP) is 4.64. The van der Waals surface area contributed by atoms with Gasteiger partial charge in [0.05, 0.1) is 26.5 Å². The summed E-state index contributed by atoms with van der Waals surface area (Å²) in [7, 11) is 2.88. The van der Waals surface area contributed by atoms with Gasteiger partial charge in [0.2, 0.25) is 11.7 Å². The highest BCUT2D eigenvalue weighted by Crippen LogP contribution is 2.37. The van der Waals surface area contributed by atoms with Crippen LogP contribution in [0.4, 0.5) is 10.5 Å². The van der Waals surface area contributed by atoms with Crippen LogP contribution in [0.15, 0.2) is 50.9 Å². The van der Waals surface area contributed by atoms with Crippen molar-refractivity contribution in [2.45, 2.75) is 13.3 Å². The van der Waals surface area contributed by atoms with Crippen LogP contribution in [0, 0.1) is 6.92 Å². The second-order valence-corrected chi connectivity index (χ2v) is 7.80. The van der Waals surface area contributed by atoms with Gasteiger partial charge in [0.15, 0.2) is 11.5 Å². The number of hydrogen-bond donors (Lipinski definition) is 0. The monoisotopic (exact) mass is 466 g/mol. The molecular formula is C23H22N4O5S. The summed E-state index contributed by atoms with van der Waals surface area (Å²) in [4.78, 5) is 25.1. The number of aromatic nitrogens is 2. The van der Waals surface area contributed by atoms with Crippen LogP contribution in [-0.2, 0) is 11.2 Å². The van der Waals surface area contributed by atoms with Gasteiger partial charge in [-0.3, -0.25) is 0 Å². The average Bonchev–Trinajstić information content (AvgIpc) is 3.49. The molecule has 170 valence electrons. The fourth-order valence-corrected chi connectivity index (χ4v) is 3.87. The van der Waals surface area contributed by atoms with E-state index < -0.39 is 6.09 Å². The van der Waals surface area contributed by atoms with Crippen LogP contribution in [0.3, 0.4) is 0 Å². The SMILES string of the molecule is COC(=O)N=C(SC)C(=Nc1ccc(-c2noc(C)n2)cc1)c1cc2c(c(OC)c1)OCC2. The molecule has 9 nitrogen and oxygen atoms in total. The Morgan fingerprint density at radius 3 is 2.61 bits per heavy atom. The number of nitrogens with zero attached hydrogens (tertiary/aromatic N) is 4. The molecule has 1 aromatic heterocycles. The van der Waals surface area contributed by atoms with Crippen molar-refractivity contribution in [3.8, 4) is 22.9 Å². The number of amides is 1. The second-order valence-electron chi connectivity index (χ2n) is 7.00. The van der Waals surface area contributed by atoms with E-state index in [2.05, 4.69) is 15.1 Å². The average molecular weight is 467 g/mol. The predicted molar refractivity (Wildman–Crippen MR) is 126 cm³/mol. The molecule has 0 bridgehead atoms. The molecule has 10 heteroatoms. The van der Waals surface area contributed by atoms with Crippen molar-refractivity contribution < 1.29 is 23.5 Å². The summed E-state index contributed by atoms with van der Waals surface area (Å²) in [6.07, 6.45) is 1.88. The van der Waals surface area contributed by atoms with Gasteiger partial charge in [-0.15, -0.1) is 11.8 Å².